The summed E-state index contributed by atoms with van der Waals surface area (Å²) in [6.07, 6.45) is 1.11. The molecule has 0 radical (unpaired) electrons. The highest BCUT2D eigenvalue weighted by molar-refractivity contribution is 7.88. The van der Waals surface area contributed by atoms with Crippen LogP contribution in [0.3, 0.4) is 0 Å². The lowest BCUT2D eigenvalue weighted by molar-refractivity contribution is 0.458. The van der Waals surface area contributed by atoms with Gasteiger partial charge in [-0.1, -0.05) is 18.9 Å². The summed E-state index contributed by atoms with van der Waals surface area (Å²) < 4.78 is 29.3. The molecule has 1 aromatic heterocycles. The van der Waals surface area contributed by atoms with E-state index in [1.807, 2.05) is 0 Å². The number of anilines is 1. The Kier molecular flexibility index (Phi) is 6.19. The van der Waals surface area contributed by atoms with E-state index in [4.69, 9.17) is 4.42 Å². The van der Waals surface area contributed by atoms with E-state index in [1.165, 1.54) is 0 Å². The van der Waals surface area contributed by atoms with Crippen molar-refractivity contribution in [3.63, 3.8) is 0 Å². The monoisotopic (exact) mass is 291 g/mol. The lowest BCUT2D eigenvalue weighted by atomic mass is 10.2. The predicted octanol–water partition coefficient (Wildman–Crippen LogP) is -0.224. The van der Waals surface area contributed by atoms with E-state index in [1.54, 1.807) is 0 Å². The van der Waals surface area contributed by atoms with Gasteiger partial charge in [-0.15, -0.1) is 5.10 Å². The third-order valence-electron chi connectivity index (χ3n) is 2.06. The SMILES string of the molecule is CC(C)CNCc1nnc(NCCNS(C)(=O)=O)o1. The van der Waals surface area contributed by atoms with Gasteiger partial charge >= 0.3 is 6.01 Å². The summed E-state index contributed by atoms with van der Waals surface area (Å²) in [6, 6.07) is 0.289. The van der Waals surface area contributed by atoms with Crippen LogP contribution in [0.1, 0.15) is 19.7 Å². The van der Waals surface area contributed by atoms with E-state index < -0.39 is 10.0 Å². The Morgan fingerprint density at radius 3 is 2.63 bits per heavy atom. The van der Waals surface area contributed by atoms with Crippen molar-refractivity contribution in [1.82, 2.24) is 20.2 Å². The molecule has 1 aromatic rings. The van der Waals surface area contributed by atoms with Gasteiger partial charge in [0.25, 0.3) is 0 Å². The third kappa shape index (κ3) is 7.75. The fraction of sp³-hybridized carbons (Fsp3) is 0.800. The van der Waals surface area contributed by atoms with Gasteiger partial charge in [0.2, 0.25) is 15.9 Å². The average Bonchev–Trinajstić information content (AvgIpc) is 2.71. The zero-order chi connectivity index (χ0) is 14.3. The van der Waals surface area contributed by atoms with Crippen molar-refractivity contribution in [3.8, 4) is 0 Å². The molecule has 9 heteroatoms. The van der Waals surface area contributed by atoms with Gasteiger partial charge in [0, 0.05) is 13.1 Å². The summed E-state index contributed by atoms with van der Waals surface area (Å²) in [5, 5.41) is 13.7. The van der Waals surface area contributed by atoms with Crippen molar-refractivity contribution < 1.29 is 12.8 Å². The van der Waals surface area contributed by atoms with Crippen molar-refractivity contribution in [3.05, 3.63) is 5.89 Å². The molecular weight excluding hydrogens is 270 g/mol. The summed E-state index contributed by atoms with van der Waals surface area (Å²) in [5.74, 6) is 1.06. The van der Waals surface area contributed by atoms with Gasteiger partial charge in [-0.05, 0) is 12.5 Å². The van der Waals surface area contributed by atoms with Crippen LogP contribution in [0, 0.1) is 5.92 Å². The number of hydrogen-bond donors (Lipinski definition) is 3. The van der Waals surface area contributed by atoms with Gasteiger partial charge in [0.1, 0.15) is 0 Å². The Bertz CT molecular complexity index is 471. The number of rotatable bonds is 9. The first kappa shape index (κ1) is 15.9. The molecule has 8 nitrogen and oxygen atoms in total. The maximum Gasteiger partial charge on any atom is 0.315 e. The standard InChI is InChI=1S/C10H21N5O3S/c1-8(2)6-11-7-9-14-15-10(18-9)12-4-5-13-19(3,16)17/h8,11,13H,4-7H2,1-3H3,(H,12,15). The number of hydrogen-bond acceptors (Lipinski definition) is 7. The number of aromatic nitrogens is 2. The maximum absolute atomic E-state index is 10.8. The van der Waals surface area contributed by atoms with Crippen molar-refractivity contribution in [1.29, 1.82) is 0 Å². The van der Waals surface area contributed by atoms with Gasteiger partial charge < -0.3 is 15.1 Å². The first-order valence-corrected chi connectivity index (χ1v) is 7.97. The molecule has 0 bridgehead atoms. The van der Waals surface area contributed by atoms with E-state index in [0.717, 1.165) is 12.8 Å². The Morgan fingerprint density at radius 1 is 1.26 bits per heavy atom. The van der Waals surface area contributed by atoms with E-state index in [9.17, 15) is 8.42 Å². The molecule has 0 fully saturated rings. The van der Waals surface area contributed by atoms with Crippen LogP contribution < -0.4 is 15.4 Å². The number of nitrogens with zero attached hydrogens (tertiary/aromatic N) is 2. The maximum atomic E-state index is 10.8. The molecule has 0 atom stereocenters. The molecule has 0 aliphatic carbocycles. The predicted molar refractivity (Wildman–Crippen MR) is 72.2 cm³/mol. The second-order valence-corrected chi connectivity index (χ2v) is 6.45. The molecule has 0 aromatic carbocycles. The van der Waals surface area contributed by atoms with Gasteiger partial charge in [0.05, 0.1) is 12.8 Å². The first-order chi connectivity index (χ1) is 8.87. The highest BCUT2D eigenvalue weighted by atomic mass is 32.2. The molecule has 19 heavy (non-hydrogen) atoms. The van der Waals surface area contributed by atoms with E-state index in [2.05, 4.69) is 39.4 Å². The molecule has 0 amide bonds. The van der Waals surface area contributed by atoms with Crippen LogP contribution in [0.2, 0.25) is 0 Å². The second-order valence-electron chi connectivity index (χ2n) is 4.62. The minimum absolute atomic E-state index is 0.266. The molecule has 110 valence electrons. The second kappa shape index (κ2) is 7.41. The van der Waals surface area contributed by atoms with Crippen LogP contribution in [0.15, 0.2) is 4.42 Å². The first-order valence-electron chi connectivity index (χ1n) is 6.08. The van der Waals surface area contributed by atoms with Crippen molar-refractivity contribution in [2.45, 2.75) is 20.4 Å². The Labute approximate surface area is 113 Å². The molecule has 0 aliphatic heterocycles. The molecule has 0 aliphatic rings. The summed E-state index contributed by atoms with van der Waals surface area (Å²) in [6.45, 7) is 6.28. The quantitative estimate of drug-likeness (QED) is 0.539. The summed E-state index contributed by atoms with van der Waals surface area (Å²) in [5.41, 5.74) is 0. The molecule has 1 heterocycles. The molecule has 0 saturated carbocycles. The average molecular weight is 291 g/mol. The lowest BCUT2D eigenvalue weighted by Gasteiger charge is -2.04. The minimum atomic E-state index is -3.16. The van der Waals surface area contributed by atoms with Crippen molar-refractivity contribution in [2.24, 2.45) is 5.92 Å². The third-order valence-corrected chi connectivity index (χ3v) is 2.79. The normalized spacial score (nSPS) is 12.0. The topological polar surface area (TPSA) is 109 Å². The fourth-order valence-corrected chi connectivity index (χ4v) is 1.74. The smallest absolute Gasteiger partial charge is 0.315 e. The zero-order valence-electron chi connectivity index (χ0n) is 11.4. The van der Waals surface area contributed by atoms with Crippen LogP contribution in [0.25, 0.3) is 0 Å². The van der Waals surface area contributed by atoms with Crippen LogP contribution >= 0.6 is 0 Å². The zero-order valence-corrected chi connectivity index (χ0v) is 12.2. The lowest BCUT2D eigenvalue weighted by Crippen LogP contribution is -2.27. The summed E-state index contributed by atoms with van der Waals surface area (Å²) >= 11 is 0. The Morgan fingerprint density at radius 2 is 2.00 bits per heavy atom. The van der Waals surface area contributed by atoms with E-state index in [-0.39, 0.29) is 12.6 Å². The highest BCUT2D eigenvalue weighted by Crippen LogP contribution is 2.04. The van der Waals surface area contributed by atoms with Gasteiger partial charge in [0.15, 0.2) is 0 Å². The largest absolute Gasteiger partial charge is 0.407 e. The summed E-state index contributed by atoms with van der Waals surface area (Å²) in [4.78, 5) is 0. The highest BCUT2D eigenvalue weighted by Gasteiger charge is 2.05. The van der Waals surface area contributed by atoms with Gasteiger partial charge in [-0.3, -0.25) is 0 Å². The molecular formula is C10H21N5O3S. The van der Waals surface area contributed by atoms with Crippen LogP contribution in [-0.4, -0.2) is 44.5 Å². The fourth-order valence-electron chi connectivity index (χ4n) is 1.27. The van der Waals surface area contributed by atoms with E-state index in [0.29, 0.717) is 24.9 Å². The van der Waals surface area contributed by atoms with Crippen molar-refractivity contribution >= 4 is 16.0 Å². The molecule has 0 unspecified atom stereocenters. The number of nitrogens with one attached hydrogen (secondary N) is 3. The Balaban J connectivity index is 2.23. The molecule has 0 spiro atoms. The van der Waals surface area contributed by atoms with Crippen LogP contribution in [0.4, 0.5) is 6.01 Å². The van der Waals surface area contributed by atoms with E-state index >= 15 is 0 Å². The number of sulfonamides is 1. The summed E-state index contributed by atoms with van der Waals surface area (Å²) in [7, 11) is -3.16. The van der Waals surface area contributed by atoms with Crippen LogP contribution in [0.5, 0.6) is 0 Å². The Hall–Kier alpha value is -1.19. The van der Waals surface area contributed by atoms with Crippen molar-refractivity contribution in [2.75, 3.05) is 31.2 Å². The molecule has 3 N–H and O–H groups in total. The molecule has 1 rings (SSSR count). The molecule has 0 saturated heterocycles. The minimum Gasteiger partial charge on any atom is -0.407 e. The van der Waals surface area contributed by atoms with Crippen LogP contribution in [-0.2, 0) is 16.6 Å². The van der Waals surface area contributed by atoms with Gasteiger partial charge in [-0.2, -0.15) is 0 Å². The van der Waals surface area contributed by atoms with Gasteiger partial charge in [-0.25, -0.2) is 13.1 Å².